The van der Waals surface area contributed by atoms with Crippen LogP contribution in [0, 0.1) is 5.92 Å². The van der Waals surface area contributed by atoms with Gasteiger partial charge in [0.1, 0.15) is 17.1 Å². The number of carbonyl (C=O) groups excluding carboxylic acids is 1. The van der Waals surface area contributed by atoms with Crippen molar-refractivity contribution in [1.29, 1.82) is 0 Å². The van der Waals surface area contributed by atoms with Crippen LogP contribution in [0.2, 0.25) is 0 Å². The smallest absolute Gasteiger partial charge is 0.259 e. The maximum Gasteiger partial charge on any atom is 0.259 e. The molecule has 3 atom stereocenters. The minimum atomic E-state index is -0.196. The normalized spacial score (nSPS) is 23.3. The number of carbonyl (C=O) groups is 1. The number of amides is 1. The van der Waals surface area contributed by atoms with E-state index in [9.17, 15) is 4.79 Å². The second-order valence-corrected chi connectivity index (χ2v) is 8.24. The summed E-state index contributed by atoms with van der Waals surface area (Å²) in [5, 5.41) is 3.31. The SMILES string of the molecule is COc1cccc(OC)c1C(=O)NC(c1ccccc1)C1(C)CCC(C)CN1C. The van der Waals surface area contributed by atoms with Gasteiger partial charge < -0.3 is 14.8 Å². The Morgan fingerprint density at radius 3 is 2.28 bits per heavy atom. The van der Waals surface area contributed by atoms with Crippen molar-refractivity contribution in [1.82, 2.24) is 10.2 Å². The van der Waals surface area contributed by atoms with Crippen molar-refractivity contribution in [3.05, 3.63) is 59.7 Å². The summed E-state index contributed by atoms with van der Waals surface area (Å²) in [5.41, 5.74) is 1.33. The van der Waals surface area contributed by atoms with Crippen LogP contribution in [0.3, 0.4) is 0 Å². The maximum absolute atomic E-state index is 13.5. The number of benzene rings is 2. The van der Waals surface area contributed by atoms with Gasteiger partial charge in [0, 0.05) is 12.1 Å². The standard InChI is InChI=1S/C24H32N2O3/c1-17-14-15-24(2,26(3)16-17)22(18-10-7-6-8-11-18)25-23(27)21-19(28-4)12-9-13-20(21)29-5/h6-13,17,22H,14-16H2,1-5H3,(H,25,27). The Morgan fingerprint density at radius 1 is 1.10 bits per heavy atom. The summed E-state index contributed by atoms with van der Waals surface area (Å²) in [6.07, 6.45) is 2.14. The van der Waals surface area contributed by atoms with E-state index in [2.05, 4.69) is 43.2 Å². The van der Waals surface area contributed by atoms with Crippen LogP contribution in [0.25, 0.3) is 0 Å². The van der Waals surface area contributed by atoms with E-state index < -0.39 is 0 Å². The highest BCUT2D eigenvalue weighted by Gasteiger charge is 2.43. The van der Waals surface area contributed by atoms with Crippen LogP contribution in [0.1, 0.15) is 48.7 Å². The quantitative estimate of drug-likeness (QED) is 0.791. The Morgan fingerprint density at radius 2 is 1.72 bits per heavy atom. The highest BCUT2D eigenvalue weighted by Crippen LogP contribution is 2.40. The van der Waals surface area contributed by atoms with Crippen LogP contribution in [-0.2, 0) is 0 Å². The first kappa shape index (κ1) is 21.2. The largest absolute Gasteiger partial charge is 0.496 e. The number of methoxy groups -OCH3 is 2. The number of nitrogens with one attached hydrogen (secondary N) is 1. The van der Waals surface area contributed by atoms with Gasteiger partial charge in [-0.15, -0.1) is 0 Å². The van der Waals surface area contributed by atoms with Gasteiger partial charge in [0.05, 0.1) is 20.3 Å². The lowest BCUT2D eigenvalue weighted by Gasteiger charge is -2.50. The first-order chi connectivity index (χ1) is 13.9. The zero-order chi connectivity index (χ0) is 21.0. The third-order valence-corrected chi connectivity index (χ3v) is 6.29. The van der Waals surface area contributed by atoms with Crippen molar-refractivity contribution in [2.24, 2.45) is 5.92 Å². The monoisotopic (exact) mass is 396 g/mol. The van der Waals surface area contributed by atoms with Crippen molar-refractivity contribution >= 4 is 5.91 Å². The molecule has 0 saturated carbocycles. The van der Waals surface area contributed by atoms with Gasteiger partial charge in [0.25, 0.3) is 5.91 Å². The number of likely N-dealkylation sites (tertiary alicyclic amines) is 1. The van der Waals surface area contributed by atoms with Crippen LogP contribution in [-0.4, -0.2) is 44.2 Å². The van der Waals surface area contributed by atoms with Crippen molar-refractivity contribution in [2.45, 2.75) is 38.3 Å². The molecule has 0 spiro atoms. The molecule has 1 aliphatic heterocycles. The number of hydrogen-bond donors (Lipinski definition) is 1. The minimum absolute atomic E-state index is 0.164. The van der Waals surface area contributed by atoms with E-state index >= 15 is 0 Å². The maximum atomic E-state index is 13.5. The summed E-state index contributed by atoms with van der Waals surface area (Å²) in [5.74, 6) is 1.46. The molecule has 5 heteroatoms. The topological polar surface area (TPSA) is 50.8 Å². The second-order valence-electron chi connectivity index (χ2n) is 8.24. The lowest BCUT2D eigenvalue weighted by atomic mass is 9.76. The lowest BCUT2D eigenvalue weighted by Crippen LogP contribution is -2.57. The molecule has 156 valence electrons. The van der Waals surface area contributed by atoms with E-state index in [4.69, 9.17) is 9.47 Å². The van der Waals surface area contributed by atoms with Crippen LogP contribution >= 0.6 is 0 Å². The van der Waals surface area contributed by atoms with Gasteiger partial charge in [-0.2, -0.15) is 0 Å². The fourth-order valence-corrected chi connectivity index (χ4v) is 4.38. The van der Waals surface area contributed by atoms with Gasteiger partial charge in [0.15, 0.2) is 0 Å². The molecule has 2 aromatic carbocycles. The Kier molecular flexibility index (Phi) is 6.48. The third kappa shape index (κ3) is 4.25. The van der Waals surface area contributed by atoms with E-state index in [0.717, 1.165) is 24.9 Å². The molecule has 3 unspecified atom stereocenters. The van der Waals surface area contributed by atoms with Gasteiger partial charge in [-0.1, -0.05) is 43.3 Å². The van der Waals surface area contributed by atoms with Crippen LogP contribution < -0.4 is 14.8 Å². The Balaban J connectivity index is 2.00. The van der Waals surface area contributed by atoms with Crippen molar-refractivity contribution in [3.8, 4) is 11.5 Å². The molecule has 1 N–H and O–H groups in total. The molecule has 1 amide bonds. The number of ether oxygens (including phenoxy) is 2. The van der Waals surface area contributed by atoms with Gasteiger partial charge in [-0.3, -0.25) is 9.69 Å². The number of rotatable bonds is 6. The number of nitrogens with zero attached hydrogens (tertiary/aromatic N) is 1. The molecule has 2 aromatic rings. The van der Waals surface area contributed by atoms with Gasteiger partial charge in [-0.25, -0.2) is 0 Å². The predicted molar refractivity (Wildman–Crippen MR) is 116 cm³/mol. The van der Waals surface area contributed by atoms with Crippen molar-refractivity contribution < 1.29 is 14.3 Å². The fraction of sp³-hybridized carbons (Fsp3) is 0.458. The molecule has 29 heavy (non-hydrogen) atoms. The van der Waals surface area contributed by atoms with Crippen molar-refractivity contribution in [3.63, 3.8) is 0 Å². The van der Waals surface area contributed by atoms with Gasteiger partial charge >= 0.3 is 0 Å². The average molecular weight is 397 g/mol. The molecule has 5 nitrogen and oxygen atoms in total. The number of likely N-dealkylation sites (N-methyl/N-ethyl adjacent to an activating group) is 1. The Bertz CT molecular complexity index is 817. The van der Waals surface area contributed by atoms with E-state index in [1.807, 2.05) is 24.3 Å². The predicted octanol–water partition coefficient (Wildman–Crippen LogP) is 4.30. The molecule has 1 aliphatic rings. The molecule has 3 rings (SSSR count). The van der Waals surface area contributed by atoms with E-state index in [-0.39, 0.29) is 17.5 Å². The van der Waals surface area contributed by atoms with Crippen LogP contribution in [0.4, 0.5) is 0 Å². The van der Waals surface area contributed by atoms with Gasteiger partial charge in [-0.05, 0) is 50.4 Å². The summed E-state index contributed by atoms with van der Waals surface area (Å²) in [7, 11) is 5.29. The fourth-order valence-electron chi connectivity index (χ4n) is 4.38. The van der Waals surface area contributed by atoms with Crippen LogP contribution in [0.15, 0.2) is 48.5 Å². The van der Waals surface area contributed by atoms with E-state index in [1.54, 1.807) is 26.4 Å². The summed E-state index contributed by atoms with van der Waals surface area (Å²) in [4.78, 5) is 15.8. The average Bonchev–Trinajstić information content (AvgIpc) is 2.74. The summed E-state index contributed by atoms with van der Waals surface area (Å²) >= 11 is 0. The third-order valence-electron chi connectivity index (χ3n) is 6.29. The highest BCUT2D eigenvalue weighted by molar-refractivity contribution is 6.00. The molecule has 1 heterocycles. The molecule has 0 aromatic heterocycles. The lowest BCUT2D eigenvalue weighted by molar-refractivity contribution is 0.0275. The molecular formula is C24H32N2O3. The summed E-state index contributed by atoms with van der Waals surface area (Å²) in [6.45, 7) is 5.54. The van der Waals surface area contributed by atoms with Crippen molar-refractivity contribution in [2.75, 3.05) is 27.8 Å². The number of piperidine rings is 1. The second kappa shape index (κ2) is 8.87. The van der Waals surface area contributed by atoms with E-state index in [1.165, 1.54) is 0 Å². The molecule has 1 saturated heterocycles. The minimum Gasteiger partial charge on any atom is -0.496 e. The number of hydrogen-bond acceptors (Lipinski definition) is 4. The molecule has 0 bridgehead atoms. The zero-order valence-electron chi connectivity index (χ0n) is 18.1. The van der Waals surface area contributed by atoms with Gasteiger partial charge in [0.2, 0.25) is 0 Å². The Labute approximate surface area is 174 Å². The molecule has 1 fully saturated rings. The first-order valence-electron chi connectivity index (χ1n) is 10.2. The molecule has 0 radical (unpaired) electrons. The molecule has 0 aliphatic carbocycles. The summed E-state index contributed by atoms with van der Waals surface area (Å²) in [6, 6.07) is 15.4. The highest BCUT2D eigenvalue weighted by atomic mass is 16.5. The zero-order valence-corrected chi connectivity index (χ0v) is 18.1. The van der Waals surface area contributed by atoms with Crippen LogP contribution in [0.5, 0.6) is 11.5 Å². The first-order valence-corrected chi connectivity index (χ1v) is 10.2. The Hall–Kier alpha value is -2.53. The van der Waals surface area contributed by atoms with E-state index in [0.29, 0.717) is 23.0 Å². The molecular weight excluding hydrogens is 364 g/mol. The summed E-state index contributed by atoms with van der Waals surface area (Å²) < 4.78 is 10.9.